The third-order valence-corrected chi connectivity index (χ3v) is 17.6. The molecule has 0 saturated heterocycles. The summed E-state index contributed by atoms with van der Waals surface area (Å²) in [5.74, 6) is 0. The molecule has 1 saturated carbocycles. The van der Waals surface area contributed by atoms with Crippen molar-refractivity contribution in [1.29, 1.82) is 0 Å². The van der Waals surface area contributed by atoms with Gasteiger partial charge in [0.05, 0.1) is 0 Å². The summed E-state index contributed by atoms with van der Waals surface area (Å²) in [4.78, 5) is 0. The Bertz CT molecular complexity index is 1440. The van der Waals surface area contributed by atoms with Crippen LogP contribution in [0.15, 0.2) is 60.7 Å². The molecule has 0 N–H and O–H groups in total. The van der Waals surface area contributed by atoms with Gasteiger partial charge in [0.1, 0.15) is 0 Å². The van der Waals surface area contributed by atoms with Crippen molar-refractivity contribution >= 4 is 12.6 Å². The molecule has 6 rings (SSSR count). The summed E-state index contributed by atoms with van der Waals surface area (Å²) in [6.45, 7) is 14.4. The fourth-order valence-corrected chi connectivity index (χ4v) is 17.2. The van der Waals surface area contributed by atoms with Crippen molar-refractivity contribution in [3.05, 3.63) is 94.1 Å². The maximum atomic E-state index is 2.62. The van der Waals surface area contributed by atoms with Crippen LogP contribution in [0.5, 0.6) is 0 Å². The Kier molecular flexibility index (Phi) is 9.09. The van der Waals surface area contributed by atoms with Crippen LogP contribution in [0, 0.1) is 0 Å². The number of halogens is 2. The first-order chi connectivity index (χ1) is 17.6. The number of benzene rings is 3. The summed E-state index contributed by atoms with van der Waals surface area (Å²) >= 11 is -2.31. The van der Waals surface area contributed by atoms with E-state index in [1.165, 1.54) is 54.4 Å². The average Bonchev–Trinajstić information content (AvgIpc) is 3.45. The summed E-state index contributed by atoms with van der Waals surface area (Å²) in [5.41, 5.74) is 12.8. The molecule has 0 nitrogen and oxygen atoms in total. The van der Waals surface area contributed by atoms with Crippen LogP contribution < -0.4 is 28.1 Å². The van der Waals surface area contributed by atoms with E-state index in [2.05, 4.69) is 108 Å². The molecule has 3 aliphatic carbocycles. The molecule has 0 heterocycles. The van der Waals surface area contributed by atoms with Crippen molar-refractivity contribution < 1.29 is 46.1 Å². The van der Waals surface area contributed by atoms with Crippen LogP contribution in [-0.4, -0.2) is 3.21 Å². The van der Waals surface area contributed by atoms with E-state index in [0.717, 1.165) is 6.42 Å². The minimum absolute atomic E-state index is 0. The minimum atomic E-state index is -2.31. The quantitative estimate of drug-likeness (QED) is 0.318. The van der Waals surface area contributed by atoms with E-state index in [9.17, 15) is 0 Å². The molecule has 0 aromatic heterocycles. The van der Waals surface area contributed by atoms with Gasteiger partial charge in [-0.25, -0.2) is 0 Å². The van der Waals surface area contributed by atoms with Crippen LogP contribution in [0.2, 0.25) is 0 Å². The van der Waals surface area contributed by atoms with Gasteiger partial charge >= 0.3 is 234 Å². The Labute approximate surface area is 256 Å². The molecular weight excluding hydrogens is 595 g/mol. The van der Waals surface area contributed by atoms with Crippen LogP contribution in [0.4, 0.5) is 0 Å². The van der Waals surface area contributed by atoms with Gasteiger partial charge in [0, 0.05) is 0 Å². The molecule has 3 aromatic carbocycles. The predicted octanol–water partition coefficient (Wildman–Crippen LogP) is 3.01. The molecule has 0 amide bonds. The smallest absolute Gasteiger partial charge is 1.00 e. The summed E-state index contributed by atoms with van der Waals surface area (Å²) in [5, 5.41) is 0. The van der Waals surface area contributed by atoms with Gasteiger partial charge in [-0.1, -0.05) is 0 Å². The van der Waals surface area contributed by atoms with Crippen molar-refractivity contribution in [2.24, 2.45) is 0 Å². The topological polar surface area (TPSA) is 0 Å². The molecule has 0 spiro atoms. The van der Waals surface area contributed by atoms with Crippen LogP contribution >= 0.6 is 0 Å². The van der Waals surface area contributed by atoms with E-state index < -0.39 is 21.3 Å². The normalized spacial score (nSPS) is 17.4. The SMILES string of the molecule is CC(C)(C)c1ccc2c(c1)Cc1c-2ccc(C(C)(C)C)[c]1[Zr+2](=[C]1CCCCC1)[CH]1C=Cc2ccccc21.[Cl-].[Cl-]. The molecule has 3 heteroatoms. The second-order valence-electron chi connectivity index (χ2n) is 13.6. The number of hydrogen-bond donors (Lipinski definition) is 0. The third-order valence-electron chi connectivity index (χ3n) is 8.97. The van der Waals surface area contributed by atoms with Crippen molar-refractivity contribution in [3.8, 4) is 11.1 Å². The molecule has 3 aliphatic rings. The summed E-state index contributed by atoms with van der Waals surface area (Å²) < 4.78 is 4.47. The monoisotopic (exact) mass is 634 g/mol. The fourth-order valence-electron chi connectivity index (χ4n) is 6.98. The van der Waals surface area contributed by atoms with Crippen LogP contribution in [-0.2, 0) is 38.5 Å². The first-order valence-electron chi connectivity index (χ1n) is 14.4. The Balaban J connectivity index is 0.00000176. The van der Waals surface area contributed by atoms with Gasteiger partial charge < -0.3 is 24.8 Å². The Morgan fingerprint density at radius 3 is 2.13 bits per heavy atom. The molecule has 0 aliphatic heterocycles. The number of hydrogen-bond acceptors (Lipinski definition) is 0. The van der Waals surface area contributed by atoms with Gasteiger partial charge in [-0.05, 0) is 0 Å². The predicted molar refractivity (Wildman–Crippen MR) is 158 cm³/mol. The van der Waals surface area contributed by atoms with E-state index in [-0.39, 0.29) is 35.6 Å². The molecule has 0 radical (unpaired) electrons. The maximum absolute atomic E-state index is 2.62. The zero-order chi connectivity index (χ0) is 25.9. The van der Waals surface area contributed by atoms with E-state index in [1.807, 2.05) is 6.48 Å². The largest absolute Gasteiger partial charge is 1.00 e. The fraction of sp³-hybridized carbons (Fsp3) is 0.417. The van der Waals surface area contributed by atoms with Crippen molar-refractivity contribution in [2.75, 3.05) is 0 Å². The van der Waals surface area contributed by atoms with Gasteiger partial charge in [0.25, 0.3) is 0 Å². The van der Waals surface area contributed by atoms with Crippen molar-refractivity contribution in [1.82, 2.24) is 0 Å². The zero-order valence-corrected chi connectivity index (χ0v) is 28.4. The third kappa shape index (κ3) is 5.63. The Morgan fingerprint density at radius 2 is 1.44 bits per heavy atom. The van der Waals surface area contributed by atoms with Gasteiger partial charge in [-0.15, -0.1) is 0 Å². The molecule has 1 unspecified atom stereocenters. The molecule has 39 heavy (non-hydrogen) atoms. The minimum Gasteiger partial charge on any atom is -1.00 e. The first-order valence-corrected chi connectivity index (χ1v) is 18.3. The van der Waals surface area contributed by atoms with Crippen LogP contribution in [0.3, 0.4) is 0 Å². The Hall–Kier alpha value is -1.27. The van der Waals surface area contributed by atoms with Gasteiger partial charge in [-0.2, -0.15) is 0 Å². The van der Waals surface area contributed by atoms with E-state index >= 15 is 0 Å². The summed E-state index contributed by atoms with van der Waals surface area (Å²) in [6, 6.07) is 21.6. The molecule has 0 bridgehead atoms. The van der Waals surface area contributed by atoms with Crippen LogP contribution in [0.1, 0.15) is 111 Å². The van der Waals surface area contributed by atoms with Gasteiger partial charge in [0.15, 0.2) is 0 Å². The molecule has 204 valence electrons. The summed E-state index contributed by atoms with van der Waals surface area (Å²) in [7, 11) is 0. The zero-order valence-electron chi connectivity index (χ0n) is 24.4. The first kappa shape index (κ1) is 30.7. The number of rotatable bonds is 2. The maximum Gasteiger partial charge on any atom is -1.00 e. The second kappa shape index (κ2) is 11.5. The van der Waals surface area contributed by atoms with E-state index in [1.54, 1.807) is 22.3 Å². The average molecular weight is 637 g/mol. The van der Waals surface area contributed by atoms with Crippen LogP contribution in [0.25, 0.3) is 17.2 Å². The second-order valence-corrected chi connectivity index (χ2v) is 20.1. The van der Waals surface area contributed by atoms with E-state index in [4.69, 9.17) is 0 Å². The van der Waals surface area contributed by atoms with Crippen molar-refractivity contribution in [2.45, 2.75) is 94.5 Å². The van der Waals surface area contributed by atoms with E-state index in [0.29, 0.717) is 3.63 Å². The molecule has 3 aromatic rings. The standard InChI is InChI=1S/C21H25.C9H7.C6H10.2ClH.Zr/c1-20(2,3)16-7-9-18-14(12-16)11-15-13-17(21(4,5)6)8-10-19(15)18;1-2-5-9-7-3-6-8(9)4-1;1-2-4-6-5-3-1;;;/h7-10,12H,11H2,1-6H3;1-7H;1-5H2;2*1H;/q;;;;;+2/p-2. The van der Waals surface area contributed by atoms with Crippen molar-refractivity contribution in [3.63, 3.8) is 0 Å². The number of fused-ring (bicyclic) bond motifs is 4. The van der Waals surface area contributed by atoms with Gasteiger partial charge in [0.2, 0.25) is 0 Å². The number of allylic oxidation sites excluding steroid dienone is 1. The molecule has 1 atom stereocenters. The Morgan fingerprint density at radius 1 is 0.744 bits per heavy atom. The molecule has 1 fully saturated rings. The summed E-state index contributed by atoms with van der Waals surface area (Å²) in [6.07, 6.45) is 13.1. The van der Waals surface area contributed by atoms with Gasteiger partial charge in [-0.3, -0.25) is 0 Å². The molecular formula is C36H42Cl2Zr.